The molecule has 0 saturated carbocycles. The first kappa shape index (κ1) is 18.3. The lowest BCUT2D eigenvalue weighted by Crippen LogP contribution is -2.04. The Morgan fingerprint density at radius 2 is 1.54 bits per heavy atom. The third-order valence-electron chi connectivity index (χ3n) is 4.11. The summed E-state index contributed by atoms with van der Waals surface area (Å²) < 4.78 is 0. The standard InChI is InChI=1S/C21H17Cl2NO2/c22-17-12-10-14(13-18(17)23)9-11-15-5-1-3-7-19(15)24-20-8-4-2-6-16(20)21(25)26/h1-8,10,12-13,24H,9,11H2,(H,25,26). The predicted molar refractivity (Wildman–Crippen MR) is 107 cm³/mol. The minimum absolute atomic E-state index is 0.242. The molecule has 0 radical (unpaired) electrons. The van der Waals surface area contributed by atoms with Crippen LogP contribution in [0.4, 0.5) is 11.4 Å². The molecule has 0 aromatic heterocycles. The number of aromatic carboxylic acids is 1. The highest BCUT2D eigenvalue weighted by Crippen LogP contribution is 2.26. The van der Waals surface area contributed by atoms with Crippen molar-refractivity contribution in [1.82, 2.24) is 0 Å². The molecule has 0 fully saturated rings. The number of para-hydroxylation sites is 2. The fraction of sp³-hybridized carbons (Fsp3) is 0.0952. The van der Waals surface area contributed by atoms with Gasteiger partial charge in [0.25, 0.3) is 0 Å². The van der Waals surface area contributed by atoms with E-state index < -0.39 is 5.97 Å². The summed E-state index contributed by atoms with van der Waals surface area (Å²) in [5.74, 6) is -0.957. The van der Waals surface area contributed by atoms with Gasteiger partial charge in [-0.25, -0.2) is 4.79 Å². The average molecular weight is 386 g/mol. The lowest BCUT2D eigenvalue weighted by molar-refractivity contribution is 0.0698. The molecule has 0 unspecified atom stereocenters. The highest BCUT2D eigenvalue weighted by atomic mass is 35.5. The molecule has 0 aliphatic carbocycles. The second kappa shape index (κ2) is 8.26. The Hall–Kier alpha value is -2.49. The Balaban J connectivity index is 1.80. The Labute approximate surface area is 162 Å². The number of hydrogen-bond acceptors (Lipinski definition) is 2. The van der Waals surface area contributed by atoms with Crippen molar-refractivity contribution >= 4 is 40.5 Å². The van der Waals surface area contributed by atoms with E-state index in [0.717, 1.165) is 29.7 Å². The molecule has 0 aliphatic heterocycles. The number of carbonyl (C=O) groups is 1. The summed E-state index contributed by atoms with van der Waals surface area (Å²) in [7, 11) is 0. The van der Waals surface area contributed by atoms with Gasteiger partial charge in [0, 0.05) is 5.69 Å². The van der Waals surface area contributed by atoms with Gasteiger partial charge < -0.3 is 10.4 Å². The van der Waals surface area contributed by atoms with Crippen LogP contribution in [0.2, 0.25) is 10.0 Å². The van der Waals surface area contributed by atoms with Crippen molar-refractivity contribution in [2.45, 2.75) is 12.8 Å². The summed E-state index contributed by atoms with van der Waals surface area (Å²) in [5, 5.41) is 13.7. The van der Waals surface area contributed by atoms with E-state index in [1.165, 1.54) is 0 Å². The molecule has 3 aromatic carbocycles. The van der Waals surface area contributed by atoms with Gasteiger partial charge in [0.05, 0.1) is 21.3 Å². The van der Waals surface area contributed by atoms with Crippen molar-refractivity contribution in [2.75, 3.05) is 5.32 Å². The number of halogens is 2. The first-order chi connectivity index (χ1) is 12.5. The maximum absolute atomic E-state index is 11.4. The summed E-state index contributed by atoms with van der Waals surface area (Å²) in [6.45, 7) is 0. The van der Waals surface area contributed by atoms with E-state index in [4.69, 9.17) is 23.2 Å². The van der Waals surface area contributed by atoms with Gasteiger partial charge in [-0.15, -0.1) is 0 Å². The largest absolute Gasteiger partial charge is 0.478 e. The molecule has 132 valence electrons. The molecule has 0 aliphatic rings. The number of benzene rings is 3. The van der Waals surface area contributed by atoms with Crippen molar-refractivity contribution in [2.24, 2.45) is 0 Å². The molecule has 0 bridgehead atoms. The molecule has 0 amide bonds. The fourth-order valence-electron chi connectivity index (χ4n) is 2.76. The molecule has 5 heteroatoms. The Morgan fingerprint density at radius 1 is 0.846 bits per heavy atom. The van der Waals surface area contributed by atoms with E-state index in [-0.39, 0.29) is 5.56 Å². The van der Waals surface area contributed by atoms with Gasteiger partial charge in [-0.2, -0.15) is 0 Å². The highest BCUT2D eigenvalue weighted by molar-refractivity contribution is 6.42. The fourth-order valence-corrected chi connectivity index (χ4v) is 3.08. The maximum Gasteiger partial charge on any atom is 0.337 e. The van der Waals surface area contributed by atoms with Crippen LogP contribution in [0.15, 0.2) is 66.7 Å². The van der Waals surface area contributed by atoms with Gasteiger partial charge >= 0.3 is 5.97 Å². The van der Waals surface area contributed by atoms with Gasteiger partial charge in [0.15, 0.2) is 0 Å². The van der Waals surface area contributed by atoms with Crippen LogP contribution in [0.25, 0.3) is 0 Å². The number of aryl methyl sites for hydroxylation is 2. The summed E-state index contributed by atoms with van der Waals surface area (Å²) in [6.07, 6.45) is 1.59. The SMILES string of the molecule is O=C(O)c1ccccc1Nc1ccccc1CCc1ccc(Cl)c(Cl)c1. The minimum atomic E-state index is -0.957. The van der Waals surface area contributed by atoms with Crippen LogP contribution in [-0.4, -0.2) is 11.1 Å². The van der Waals surface area contributed by atoms with Crippen LogP contribution in [0, 0.1) is 0 Å². The number of hydrogen-bond donors (Lipinski definition) is 2. The van der Waals surface area contributed by atoms with Crippen molar-refractivity contribution < 1.29 is 9.90 Å². The first-order valence-corrected chi connectivity index (χ1v) is 8.91. The number of nitrogens with one attached hydrogen (secondary N) is 1. The lowest BCUT2D eigenvalue weighted by Gasteiger charge is -2.14. The molecule has 26 heavy (non-hydrogen) atoms. The summed E-state index contributed by atoms with van der Waals surface area (Å²) in [5.41, 5.74) is 3.90. The second-order valence-corrected chi connectivity index (χ2v) is 6.70. The molecular weight excluding hydrogens is 369 g/mol. The molecule has 0 spiro atoms. The van der Waals surface area contributed by atoms with E-state index in [1.807, 2.05) is 42.5 Å². The topological polar surface area (TPSA) is 49.3 Å². The average Bonchev–Trinajstić information content (AvgIpc) is 2.64. The van der Waals surface area contributed by atoms with Crippen LogP contribution >= 0.6 is 23.2 Å². The van der Waals surface area contributed by atoms with E-state index in [9.17, 15) is 9.90 Å². The lowest BCUT2D eigenvalue weighted by atomic mass is 10.0. The second-order valence-electron chi connectivity index (χ2n) is 5.88. The molecule has 0 atom stereocenters. The van der Waals surface area contributed by atoms with Crippen LogP contribution in [0.3, 0.4) is 0 Å². The van der Waals surface area contributed by atoms with Gasteiger partial charge in [0.1, 0.15) is 0 Å². The van der Waals surface area contributed by atoms with Crippen LogP contribution in [-0.2, 0) is 12.8 Å². The van der Waals surface area contributed by atoms with Gasteiger partial charge in [0.2, 0.25) is 0 Å². The number of carboxylic acid groups (broad SMARTS) is 1. The zero-order valence-corrected chi connectivity index (χ0v) is 15.4. The smallest absolute Gasteiger partial charge is 0.337 e. The van der Waals surface area contributed by atoms with Gasteiger partial charge in [-0.3, -0.25) is 0 Å². The summed E-state index contributed by atoms with van der Waals surface area (Å²) in [6, 6.07) is 20.4. The Kier molecular flexibility index (Phi) is 5.82. The zero-order chi connectivity index (χ0) is 18.5. The number of anilines is 2. The van der Waals surface area contributed by atoms with Crippen molar-refractivity contribution in [3.05, 3.63) is 93.5 Å². The third-order valence-corrected chi connectivity index (χ3v) is 4.85. The van der Waals surface area contributed by atoms with Crippen LogP contribution < -0.4 is 5.32 Å². The van der Waals surface area contributed by atoms with E-state index in [2.05, 4.69) is 5.32 Å². The Bertz CT molecular complexity index is 941. The normalized spacial score (nSPS) is 10.5. The quantitative estimate of drug-likeness (QED) is 0.529. The number of carboxylic acids is 1. The van der Waals surface area contributed by atoms with Crippen molar-refractivity contribution in [3.63, 3.8) is 0 Å². The van der Waals surface area contributed by atoms with E-state index in [1.54, 1.807) is 24.3 Å². The minimum Gasteiger partial charge on any atom is -0.478 e. The monoisotopic (exact) mass is 385 g/mol. The van der Waals surface area contributed by atoms with Crippen molar-refractivity contribution in [1.29, 1.82) is 0 Å². The summed E-state index contributed by atoms with van der Waals surface area (Å²) in [4.78, 5) is 11.4. The molecule has 3 rings (SSSR count). The van der Waals surface area contributed by atoms with Crippen molar-refractivity contribution in [3.8, 4) is 0 Å². The van der Waals surface area contributed by atoms with Crippen LogP contribution in [0.1, 0.15) is 21.5 Å². The van der Waals surface area contributed by atoms with Crippen LogP contribution in [0.5, 0.6) is 0 Å². The Morgan fingerprint density at radius 3 is 2.27 bits per heavy atom. The zero-order valence-electron chi connectivity index (χ0n) is 13.9. The van der Waals surface area contributed by atoms with Gasteiger partial charge in [-0.05, 0) is 54.3 Å². The molecule has 3 aromatic rings. The first-order valence-electron chi connectivity index (χ1n) is 8.16. The molecule has 3 nitrogen and oxygen atoms in total. The molecular formula is C21H17Cl2NO2. The molecule has 0 heterocycles. The molecule has 2 N–H and O–H groups in total. The summed E-state index contributed by atoms with van der Waals surface area (Å²) >= 11 is 12.0. The van der Waals surface area contributed by atoms with E-state index in [0.29, 0.717) is 15.7 Å². The third kappa shape index (κ3) is 4.37. The number of rotatable bonds is 6. The maximum atomic E-state index is 11.4. The van der Waals surface area contributed by atoms with Gasteiger partial charge in [-0.1, -0.05) is 59.6 Å². The van der Waals surface area contributed by atoms with E-state index >= 15 is 0 Å². The highest BCUT2D eigenvalue weighted by Gasteiger charge is 2.11. The predicted octanol–water partition coefficient (Wildman–Crippen LogP) is 6.22. The molecule has 0 saturated heterocycles.